The quantitative estimate of drug-likeness (QED) is 0.867. The third kappa shape index (κ3) is 3.34. The molecule has 1 unspecified atom stereocenters. The van der Waals surface area contributed by atoms with E-state index in [0.717, 1.165) is 0 Å². The first-order valence-electron chi connectivity index (χ1n) is 5.86. The lowest BCUT2D eigenvalue weighted by Gasteiger charge is -2.27. The van der Waals surface area contributed by atoms with Gasteiger partial charge in [0.25, 0.3) is 0 Å². The Hall–Kier alpha value is -0.850. The Kier molecular flexibility index (Phi) is 4.25. The predicted octanol–water partition coefficient (Wildman–Crippen LogP) is 1.23. The average Bonchev–Trinajstić information content (AvgIpc) is 2.58. The molecule has 0 amide bonds. The lowest BCUT2D eigenvalue weighted by atomic mass is 9.89. The molecule has 104 valence electrons. The van der Waals surface area contributed by atoms with Crippen LogP contribution >= 0.6 is 0 Å². The van der Waals surface area contributed by atoms with Crippen LogP contribution in [0.25, 0.3) is 0 Å². The average molecular weight is 274 g/mol. The van der Waals surface area contributed by atoms with Gasteiger partial charge in [-0.05, 0) is 18.4 Å². The van der Waals surface area contributed by atoms with Crippen molar-refractivity contribution in [1.29, 1.82) is 0 Å². The van der Waals surface area contributed by atoms with E-state index >= 15 is 0 Å². The van der Waals surface area contributed by atoms with Crippen LogP contribution in [0.5, 0.6) is 0 Å². The van der Waals surface area contributed by atoms with Crippen molar-refractivity contribution in [1.82, 2.24) is 9.29 Å². The van der Waals surface area contributed by atoms with Crippen molar-refractivity contribution in [2.45, 2.75) is 45.2 Å². The minimum atomic E-state index is -3.54. The van der Waals surface area contributed by atoms with Gasteiger partial charge < -0.3 is 9.67 Å². The molecule has 0 saturated carbocycles. The molecule has 1 rings (SSSR count). The first kappa shape index (κ1) is 15.2. The SMILES string of the molecule is CC(NS(=O)(=O)c1cc(CO)n(C)c1)C(C)(C)C. The zero-order valence-electron chi connectivity index (χ0n) is 11.6. The second kappa shape index (κ2) is 5.03. The monoisotopic (exact) mass is 274 g/mol. The third-order valence-corrected chi connectivity index (χ3v) is 4.69. The van der Waals surface area contributed by atoms with Crippen LogP contribution in [0.4, 0.5) is 0 Å². The van der Waals surface area contributed by atoms with Crippen LogP contribution in [0.2, 0.25) is 0 Å². The minimum absolute atomic E-state index is 0.151. The third-order valence-electron chi connectivity index (χ3n) is 3.19. The number of sulfonamides is 1. The number of hydrogen-bond acceptors (Lipinski definition) is 3. The van der Waals surface area contributed by atoms with E-state index in [1.807, 2.05) is 27.7 Å². The molecule has 0 radical (unpaired) electrons. The van der Waals surface area contributed by atoms with Crippen LogP contribution in [0.15, 0.2) is 17.2 Å². The first-order chi connectivity index (χ1) is 8.08. The molecule has 1 atom stereocenters. The summed E-state index contributed by atoms with van der Waals surface area (Å²) >= 11 is 0. The van der Waals surface area contributed by atoms with Gasteiger partial charge in [-0.15, -0.1) is 0 Å². The van der Waals surface area contributed by atoms with E-state index in [0.29, 0.717) is 5.69 Å². The summed E-state index contributed by atoms with van der Waals surface area (Å²) < 4.78 is 28.6. The number of nitrogens with zero attached hydrogens (tertiary/aromatic N) is 1. The van der Waals surface area contributed by atoms with Crippen LogP contribution in [0, 0.1) is 5.41 Å². The molecule has 0 aromatic carbocycles. The molecular formula is C12H22N2O3S. The van der Waals surface area contributed by atoms with Crippen molar-refractivity contribution in [3.8, 4) is 0 Å². The fourth-order valence-corrected chi connectivity index (χ4v) is 2.90. The van der Waals surface area contributed by atoms with Crippen molar-refractivity contribution in [3.05, 3.63) is 18.0 Å². The van der Waals surface area contributed by atoms with E-state index in [9.17, 15) is 8.42 Å². The highest BCUT2D eigenvalue weighted by atomic mass is 32.2. The van der Waals surface area contributed by atoms with Gasteiger partial charge in [-0.2, -0.15) is 0 Å². The summed E-state index contributed by atoms with van der Waals surface area (Å²) in [7, 11) is -1.83. The highest BCUT2D eigenvalue weighted by molar-refractivity contribution is 7.89. The summed E-state index contributed by atoms with van der Waals surface area (Å²) in [5.74, 6) is 0. The molecule has 6 heteroatoms. The minimum Gasteiger partial charge on any atom is -0.390 e. The van der Waals surface area contributed by atoms with Gasteiger partial charge in [0, 0.05) is 25.0 Å². The predicted molar refractivity (Wildman–Crippen MR) is 70.6 cm³/mol. The Morgan fingerprint density at radius 2 is 2.00 bits per heavy atom. The molecular weight excluding hydrogens is 252 g/mol. The maximum atomic E-state index is 12.2. The maximum Gasteiger partial charge on any atom is 0.242 e. The summed E-state index contributed by atoms with van der Waals surface area (Å²) in [5.41, 5.74) is 0.417. The van der Waals surface area contributed by atoms with Crippen molar-refractivity contribution < 1.29 is 13.5 Å². The number of rotatable bonds is 4. The Morgan fingerprint density at radius 3 is 2.39 bits per heavy atom. The molecule has 5 nitrogen and oxygen atoms in total. The van der Waals surface area contributed by atoms with Crippen LogP contribution < -0.4 is 4.72 Å². The normalized spacial score (nSPS) is 14.8. The van der Waals surface area contributed by atoms with Crippen LogP contribution in [0.1, 0.15) is 33.4 Å². The summed E-state index contributed by atoms with van der Waals surface area (Å²) in [4.78, 5) is 0.185. The molecule has 0 spiro atoms. The largest absolute Gasteiger partial charge is 0.390 e. The number of aromatic nitrogens is 1. The van der Waals surface area contributed by atoms with E-state index in [1.54, 1.807) is 11.6 Å². The molecule has 0 aliphatic rings. The zero-order chi connectivity index (χ0) is 14.1. The molecule has 1 aromatic heterocycles. The number of aliphatic hydroxyl groups is 1. The smallest absolute Gasteiger partial charge is 0.242 e. The van der Waals surface area contributed by atoms with Gasteiger partial charge in [-0.1, -0.05) is 20.8 Å². The topological polar surface area (TPSA) is 71.3 Å². The van der Waals surface area contributed by atoms with Crippen molar-refractivity contribution in [3.63, 3.8) is 0 Å². The highest BCUT2D eigenvalue weighted by Crippen LogP contribution is 2.21. The second-order valence-corrected chi connectivity index (χ2v) is 7.36. The maximum absolute atomic E-state index is 12.2. The molecule has 0 bridgehead atoms. The molecule has 1 heterocycles. The zero-order valence-corrected chi connectivity index (χ0v) is 12.4. The second-order valence-electron chi connectivity index (χ2n) is 5.65. The number of nitrogens with one attached hydrogen (secondary N) is 1. The molecule has 2 N–H and O–H groups in total. The number of hydrogen-bond donors (Lipinski definition) is 2. The molecule has 18 heavy (non-hydrogen) atoms. The fourth-order valence-electron chi connectivity index (χ4n) is 1.36. The van der Waals surface area contributed by atoms with E-state index in [-0.39, 0.29) is 23.0 Å². The van der Waals surface area contributed by atoms with E-state index in [1.165, 1.54) is 12.3 Å². The lowest BCUT2D eigenvalue weighted by Crippen LogP contribution is -2.41. The Morgan fingerprint density at radius 1 is 1.44 bits per heavy atom. The van der Waals surface area contributed by atoms with Gasteiger partial charge in [0.2, 0.25) is 10.0 Å². The van der Waals surface area contributed by atoms with Crippen LogP contribution in [0.3, 0.4) is 0 Å². The van der Waals surface area contributed by atoms with Gasteiger partial charge in [-0.3, -0.25) is 0 Å². The van der Waals surface area contributed by atoms with Crippen molar-refractivity contribution >= 4 is 10.0 Å². The summed E-state index contributed by atoms with van der Waals surface area (Å²) in [6.45, 7) is 7.59. The fraction of sp³-hybridized carbons (Fsp3) is 0.667. The van der Waals surface area contributed by atoms with Gasteiger partial charge in [-0.25, -0.2) is 13.1 Å². The lowest BCUT2D eigenvalue weighted by molar-refractivity contribution is 0.272. The molecule has 0 fully saturated rings. The van der Waals surface area contributed by atoms with Crippen molar-refractivity contribution in [2.24, 2.45) is 12.5 Å². The van der Waals surface area contributed by atoms with E-state index in [4.69, 9.17) is 5.11 Å². The van der Waals surface area contributed by atoms with Crippen LogP contribution in [-0.4, -0.2) is 24.1 Å². The van der Waals surface area contributed by atoms with Gasteiger partial charge in [0.05, 0.1) is 11.5 Å². The standard InChI is InChI=1S/C12H22N2O3S/c1-9(12(2,3)4)13-18(16,17)11-6-10(8-15)14(5)7-11/h6-7,9,13,15H,8H2,1-5H3. The molecule has 1 aromatic rings. The van der Waals surface area contributed by atoms with Gasteiger partial charge in [0.15, 0.2) is 0 Å². The number of aryl methyl sites for hydroxylation is 1. The van der Waals surface area contributed by atoms with Crippen molar-refractivity contribution in [2.75, 3.05) is 0 Å². The first-order valence-corrected chi connectivity index (χ1v) is 7.34. The number of aliphatic hydroxyl groups excluding tert-OH is 1. The van der Waals surface area contributed by atoms with Gasteiger partial charge in [0.1, 0.15) is 0 Å². The summed E-state index contributed by atoms with van der Waals surface area (Å²) in [5, 5.41) is 9.07. The van der Waals surface area contributed by atoms with Crippen LogP contribution in [-0.2, 0) is 23.7 Å². The Balaban J connectivity index is 3.00. The Bertz CT molecular complexity index is 512. The highest BCUT2D eigenvalue weighted by Gasteiger charge is 2.26. The molecule has 0 aliphatic carbocycles. The van der Waals surface area contributed by atoms with E-state index in [2.05, 4.69) is 4.72 Å². The van der Waals surface area contributed by atoms with Gasteiger partial charge >= 0.3 is 0 Å². The van der Waals surface area contributed by atoms with E-state index < -0.39 is 10.0 Å². The molecule has 0 aliphatic heterocycles. The summed E-state index contributed by atoms with van der Waals surface area (Å²) in [6.07, 6.45) is 1.50. The molecule has 0 saturated heterocycles. The Labute approximate surface area is 109 Å². The summed E-state index contributed by atoms with van der Waals surface area (Å²) in [6, 6.07) is 1.30.